The van der Waals surface area contributed by atoms with Crippen LogP contribution in [0.1, 0.15) is 20.7 Å². The van der Waals surface area contributed by atoms with E-state index in [4.69, 9.17) is 14.2 Å². The van der Waals surface area contributed by atoms with E-state index in [9.17, 15) is 9.59 Å². The van der Waals surface area contributed by atoms with E-state index in [1.54, 1.807) is 25.3 Å². The van der Waals surface area contributed by atoms with Gasteiger partial charge in [0.1, 0.15) is 5.75 Å². The Morgan fingerprint density at radius 3 is 1.86 bits per heavy atom. The van der Waals surface area contributed by atoms with E-state index >= 15 is 0 Å². The summed E-state index contributed by atoms with van der Waals surface area (Å²) in [6.07, 6.45) is 0. The summed E-state index contributed by atoms with van der Waals surface area (Å²) in [6.45, 7) is 0. The van der Waals surface area contributed by atoms with Gasteiger partial charge in [0.15, 0.2) is 0 Å². The number of hydrogen-bond donors (Lipinski definition) is 0. The molecule has 0 aliphatic rings. The molecular weight excluding hydrogens is 284 g/mol. The van der Waals surface area contributed by atoms with Crippen LogP contribution in [0.25, 0.3) is 11.1 Å². The molecule has 0 saturated heterocycles. The van der Waals surface area contributed by atoms with Gasteiger partial charge in [0.05, 0.1) is 32.5 Å². The summed E-state index contributed by atoms with van der Waals surface area (Å²) < 4.78 is 14.8. The molecule has 0 saturated carbocycles. The van der Waals surface area contributed by atoms with Gasteiger partial charge in [0.25, 0.3) is 0 Å². The van der Waals surface area contributed by atoms with E-state index < -0.39 is 11.9 Å². The lowest BCUT2D eigenvalue weighted by Gasteiger charge is -2.11. The highest BCUT2D eigenvalue weighted by Gasteiger charge is 2.16. The van der Waals surface area contributed by atoms with Crippen molar-refractivity contribution >= 4 is 11.9 Å². The predicted octanol–water partition coefficient (Wildman–Crippen LogP) is 2.94. The number of benzene rings is 2. The number of ether oxygens (including phenoxy) is 3. The molecule has 0 aliphatic carbocycles. The van der Waals surface area contributed by atoms with Gasteiger partial charge in [-0.05, 0) is 29.8 Å². The van der Waals surface area contributed by atoms with Gasteiger partial charge in [-0.1, -0.05) is 18.2 Å². The molecule has 0 heterocycles. The fourth-order valence-electron chi connectivity index (χ4n) is 2.14. The highest BCUT2D eigenvalue weighted by atomic mass is 16.5. The fraction of sp³-hybridized carbons (Fsp3) is 0.176. The van der Waals surface area contributed by atoms with Crippen molar-refractivity contribution in [1.82, 2.24) is 0 Å². The van der Waals surface area contributed by atoms with Crippen LogP contribution in [0, 0.1) is 0 Å². The van der Waals surface area contributed by atoms with E-state index in [0.29, 0.717) is 11.3 Å². The molecule has 114 valence electrons. The van der Waals surface area contributed by atoms with Gasteiger partial charge >= 0.3 is 11.9 Å². The second kappa shape index (κ2) is 6.76. The van der Waals surface area contributed by atoms with Crippen LogP contribution >= 0.6 is 0 Å². The summed E-state index contributed by atoms with van der Waals surface area (Å²) in [5.74, 6) is -0.413. The maximum Gasteiger partial charge on any atom is 0.337 e. The minimum Gasteiger partial charge on any atom is -0.496 e. The van der Waals surface area contributed by atoms with E-state index in [-0.39, 0.29) is 11.1 Å². The number of carbonyl (C=O) groups excluding carboxylic acids is 2. The minimum atomic E-state index is -0.526. The van der Waals surface area contributed by atoms with Crippen LogP contribution in [0.4, 0.5) is 0 Å². The smallest absolute Gasteiger partial charge is 0.337 e. The van der Waals surface area contributed by atoms with Gasteiger partial charge in [-0.2, -0.15) is 0 Å². The minimum absolute atomic E-state index is 0.270. The van der Waals surface area contributed by atoms with Gasteiger partial charge in [0, 0.05) is 5.56 Å². The third kappa shape index (κ3) is 3.09. The third-order valence-corrected chi connectivity index (χ3v) is 3.19. The summed E-state index contributed by atoms with van der Waals surface area (Å²) >= 11 is 0. The Balaban J connectivity index is 2.64. The Morgan fingerprint density at radius 2 is 1.36 bits per heavy atom. The molecule has 2 aromatic carbocycles. The van der Waals surface area contributed by atoms with Crippen molar-refractivity contribution in [2.75, 3.05) is 21.3 Å². The Labute approximate surface area is 128 Å². The van der Waals surface area contributed by atoms with E-state index in [1.165, 1.54) is 20.3 Å². The third-order valence-electron chi connectivity index (χ3n) is 3.19. The number of methoxy groups -OCH3 is 3. The first-order chi connectivity index (χ1) is 10.6. The quantitative estimate of drug-likeness (QED) is 0.812. The fourth-order valence-corrected chi connectivity index (χ4v) is 2.14. The molecule has 0 fully saturated rings. The topological polar surface area (TPSA) is 61.8 Å². The largest absolute Gasteiger partial charge is 0.496 e. The van der Waals surface area contributed by atoms with Crippen LogP contribution in [0.2, 0.25) is 0 Å². The first-order valence-corrected chi connectivity index (χ1v) is 6.55. The van der Waals surface area contributed by atoms with E-state index in [1.807, 2.05) is 18.2 Å². The van der Waals surface area contributed by atoms with Crippen LogP contribution in [0.3, 0.4) is 0 Å². The highest BCUT2D eigenvalue weighted by molar-refractivity contribution is 5.97. The number of rotatable bonds is 4. The summed E-state index contributed by atoms with van der Waals surface area (Å²) in [5.41, 5.74) is 1.97. The normalized spacial score (nSPS) is 9.95. The lowest BCUT2D eigenvalue weighted by molar-refractivity contribution is 0.0599. The Morgan fingerprint density at radius 1 is 0.818 bits per heavy atom. The maximum absolute atomic E-state index is 11.8. The second-order valence-corrected chi connectivity index (χ2v) is 4.48. The molecule has 5 heteroatoms. The Hall–Kier alpha value is -2.82. The number of hydrogen-bond acceptors (Lipinski definition) is 5. The predicted molar refractivity (Wildman–Crippen MR) is 81.1 cm³/mol. The standard InChI is InChI=1S/C17H16O5/c1-20-15-7-5-4-6-14(15)11-8-12(16(18)21-2)10-13(9-11)17(19)22-3/h4-10H,1-3H3. The molecule has 0 amide bonds. The summed E-state index contributed by atoms with van der Waals surface area (Å²) in [4.78, 5) is 23.6. The maximum atomic E-state index is 11.8. The van der Waals surface area contributed by atoms with Crippen molar-refractivity contribution in [1.29, 1.82) is 0 Å². The second-order valence-electron chi connectivity index (χ2n) is 4.48. The summed E-state index contributed by atoms with van der Waals surface area (Å²) in [5, 5.41) is 0. The zero-order chi connectivity index (χ0) is 16.1. The molecule has 0 atom stereocenters. The molecule has 22 heavy (non-hydrogen) atoms. The molecule has 2 rings (SSSR count). The molecule has 0 unspecified atom stereocenters. The van der Waals surface area contributed by atoms with Crippen molar-refractivity contribution in [3.05, 3.63) is 53.6 Å². The zero-order valence-corrected chi connectivity index (χ0v) is 12.6. The Kier molecular flexibility index (Phi) is 4.78. The summed E-state index contributed by atoms with van der Waals surface area (Å²) in [6, 6.07) is 12.1. The van der Waals surface area contributed by atoms with Crippen molar-refractivity contribution < 1.29 is 23.8 Å². The summed E-state index contributed by atoms with van der Waals surface area (Å²) in [7, 11) is 4.13. The molecule has 0 radical (unpaired) electrons. The molecule has 0 N–H and O–H groups in total. The number of carbonyl (C=O) groups is 2. The van der Waals surface area contributed by atoms with Crippen LogP contribution < -0.4 is 4.74 Å². The van der Waals surface area contributed by atoms with Crippen LogP contribution in [0.5, 0.6) is 5.75 Å². The first kappa shape index (κ1) is 15.6. The SMILES string of the molecule is COC(=O)c1cc(C(=O)OC)cc(-c2ccccc2OC)c1. The van der Waals surface area contributed by atoms with Crippen molar-refractivity contribution in [2.24, 2.45) is 0 Å². The van der Waals surface area contributed by atoms with Crippen molar-refractivity contribution in [3.8, 4) is 16.9 Å². The average Bonchev–Trinajstić information content (AvgIpc) is 2.59. The first-order valence-electron chi connectivity index (χ1n) is 6.55. The van der Waals surface area contributed by atoms with Gasteiger partial charge < -0.3 is 14.2 Å². The monoisotopic (exact) mass is 300 g/mol. The van der Waals surface area contributed by atoms with Gasteiger partial charge in [-0.3, -0.25) is 0 Å². The molecule has 0 aliphatic heterocycles. The molecule has 0 aromatic heterocycles. The molecule has 0 spiro atoms. The van der Waals surface area contributed by atoms with Gasteiger partial charge in [-0.25, -0.2) is 9.59 Å². The molecular formula is C17H16O5. The number of esters is 2. The van der Waals surface area contributed by atoms with E-state index in [0.717, 1.165) is 5.56 Å². The number of para-hydroxylation sites is 1. The van der Waals surface area contributed by atoms with Crippen LogP contribution in [-0.2, 0) is 9.47 Å². The lowest BCUT2D eigenvalue weighted by Crippen LogP contribution is -2.07. The highest BCUT2D eigenvalue weighted by Crippen LogP contribution is 2.31. The van der Waals surface area contributed by atoms with E-state index in [2.05, 4.69) is 0 Å². The van der Waals surface area contributed by atoms with Gasteiger partial charge in [0.2, 0.25) is 0 Å². The van der Waals surface area contributed by atoms with Crippen LogP contribution in [-0.4, -0.2) is 33.3 Å². The molecule has 5 nitrogen and oxygen atoms in total. The molecule has 0 bridgehead atoms. The zero-order valence-electron chi connectivity index (χ0n) is 12.6. The van der Waals surface area contributed by atoms with Gasteiger partial charge in [-0.15, -0.1) is 0 Å². The molecule has 2 aromatic rings. The lowest BCUT2D eigenvalue weighted by atomic mass is 9.99. The van der Waals surface area contributed by atoms with Crippen LogP contribution in [0.15, 0.2) is 42.5 Å². The van der Waals surface area contributed by atoms with Crippen molar-refractivity contribution in [3.63, 3.8) is 0 Å². The average molecular weight is 300 g/mol. The Bertz CT molecular complexity index is 672. The van der Waals surface area contributed by atoms with Crippen molar-refractivity contribution in [2.45, 2.75) is 0 Å².